The predicted molar refractivity (Wildman–Crippen MR) is 64.3 cm³/mol. The average molecular weight is 279 g/mol. The molecular weight excluding hydrogens is 271 g/mol. The molecule has 0 saturated carbocycles. The van der Waals surface area contributed by atoms with Crippen molar-refractivity contribution in [2.75, 3.05) is 0 Å². The monoisotopic (exact) mass is 279 g/mol. The van der Waals surface area contributed by atoms with E-state index in [1.165, 1.54) is 30.6 Å². The minimum Gasteiger partial charge on any atom is -0.285 e. The molecule has 1 aromatic carbocycles. The zero-order chi connectivity index (χ0) is 14.8. The number of nitrogens with zero attached hydrogens (tertiary/aromatic N) is 1. The van der Waals surface area contributed by atoms with Gasteiger partial charge in [0, 0.05) is 23.5 Å². The SMILES string of the molecule is O=C(C(=O)c1cccc(C(F)(F)F)c1)c1ccncc1. The third kappa shape index (κ3) is 2.90. The van der Waals surface area contributed by atoms with E-state index in [1.807, 2.05) is 0 Å². The molecule has 2 rings (SSSR count). The van der Waals surface area contributed by atoms with E-state index in [9.17, 15) is 22.8 Å². The van der Waals surface area contributed by atoms with Gasteiger partial charge in [-0.25, -0.2) is 0 Å². The van der Waals surface area contributed by atoms with Crippen LogP contribution in [0.4, 0.5) is 13.2 Å². The second-order valence-corrected chi connectivity index (χ2v) is 3.97. The third-order valence-corrected chi connectivity index (χ3v) is 2.60. The van der Waals surface area contributed by atoms with E-state index in [4.69, 9.17) is 0 Å². The number of Topliss-reactive ketones (excluding diaryl/α,β-unsaturated/α-hetero) is 2. The molecule has 0 aliphatic rings. The molecule has 6 heteroatoms. The number of benzene rings is 1. The molecule has 0 aliphatic heterocycles. The fraction of sp³-hybridized carbons (Fsp3) is 0.0714. The van der Waals surface area contributed by atoms with Gasteiger partial charge in [-0.15, -0.1) is 0 Å². The van der Waals surface area contributed by atoms with E-state index in [2.05, 4.69) is 4.98 Å². The first-order valence-corrected chi connectivity index (χ1v) is 5.56. The Morgan fingerprint density at radius 1 is 0.900 bits per heavy atom. The second kappa shape index (κ2) is 5.24. The van der Waals surface area contributed by atoms with Crippen molar-refractivity contribution in [3.8, 4) is 0 Å². The summed E-state index contributed by atoms with van der Waals surface area (Å²) in [4.78, 5) is 27.4. The lowest BCUT2D eigenvalue weighted by Gasteiger charge is -2.07. The number of rotatable bonds is 3. The summed E-state index contributed by atoms with van der Waals surface area (Å²) in [6, 6.07) is 6.43. The van der Waals surface area contributed by atoms with Crippen molar-refractivity contribution in [3.05, 3.63) is 65.5 Å². The number of hydrogen-bond donors (Lipinski definition) is 0. The van der Waals surface area contributed by atoms with E-state index < -0.39 is 23.3 Å². The van der Waals surface area contributed by atoms with Crippen LogP contribution in [0.5, 0.6) is 0 Å². The molecule has 2 aromatic rings. The molecule has 0 bridgehead atoms. The van der Waals surface area contributed by atoms with Crippen LogP contribution in [0.1, 0.15) is 26.3 Å². The lowest BCUT2D eigenvalue weighted by Crippen LogP contribution is -2.15. The molecule has 3 nitrogen and oxygen atoms in total. The molecule has 0 amide bonds. The zero-order valence-electron chi connectivity index (χ0n) is 10.0. The summed E-state index contributed by atoms with van der Waals surface area (Å²) < 4.78 is 37.7. The molecule has 20 heavy (non-hydrogen) atoms. The number of halogens is 3. The van der Waals surface area contributed by atoms with Gasteiger partial charge in [0.2, 0.25) is 11.6 Å². The van der Waals surface area contributed by atoms with Crippen LogP contribution in [0.2, 0.25) is 0 Å². The van der Waals surface area contributed by atoms with Gasteiger partial charge in [-0.2, -0.15) is 13.2 Å². The molecule has 0 aliphatic carbocycles. The Morgan fingerprint density at radius 3 is 2.10 bits per heavy atom. The molecular formula is C14H8F3NO2. The van der Waals surface area contributed by atoms with Crippen LogP contribution in [0, 0.1) is 0 Å². The van der Waals surface area contributed by atoms with Crippen molar-refractivity contribution in [3.63, 3.8) is 0 Å². The van der Waals surface area contributed by atoms with Crippen molar-refractivity contribution in [2.24, 2.45) is 0 Å². The molecule has 0 N–H and O–H groups in total. The minimum atomic E-state index is -4.56. The van der Waals surface area contributed by atoms with Gasteiger partial charge in [0.1, 0.15) is 0 Å². The first kappa shape index (κ1) is 13.9. The highest BCUT2D eigenvalue weighted by atomic mass is 19.4. The fourth-order valence-electron chi connectivity index (χ4n) is 1.60. The number of alkyl halides is 3. The zero-order valence-corrected chi connectivity index (χ0v) is 10.0. The number of carbonyl (C=O) groups excluding carboxylic acids is 2. The Hall–Kier alpha value is -2.50. The summed E-state index contributed by atoms with van der Waals surface area (Å²) in [6.45, 7) is 0. The quantitative estimate of drug-likeness (QED) is 0.640. The van der Waals surface area contributed by atoms with Crippen LogP contribution >= 0.6 is 0 Å². The van der Waals surface area contributed by atoms with Crippen LogP contribution in [0.3, 0.4) is 0 Å². The average Bonchev–Trinajstić information content (AvgIpc) is 2.46. The van der Waals surface area contributed by atoms with Crippen LogP contribution in [0.25, 0.3) is 0 Å². The van der Waals surface area contributed by atoms with Crippen LogP contribution in [-0.4, -0.2) is 16.6 Å². The first-order valence-electron chi connectivity index (χ1n) is 5.56. The molecule has 102 valence electrons. The minimum absolute atomic E-state index is 0.0856. The van der Waals surface area contributed by atoms with E-state index in [-0.39, 0.29) is 11.1 Å². The van der Waals surface area contributed by atoms with Gasteiger partial charge in [-0.05, 0) is 24.3 Å². The molecule has 0 atom stereocenters. The molecule has 0 fully saturated rings. The van der Waals surface area contributed by atoms with Crippen LogP contribution in [-0.2, 0) is 6.18 Å². The Morgan fingerprint density at radius 2 is 1.50 bits per heavy atom. The normalized spacial score (nSPS) is 11.2. The number of hydrogen-bond acceptors (Lipinski definition) is 3. The lowest BCUT2D eigenvalue weighted by atomic mass is 10.0. The lowest BCUT2D eigenvalue weighted by molar-refractivity contribution is -0.137. The predicted octanol–water partition coefficient (Wildman–Crippen LogP) is 3.17. The molecule has 0 spiro atoms. The van der Waals surface area contributed by atoms with Crippen molar-refractivity contribution >= 4 is 11.6 Å². The van der Waals surface area contributed by atoms with Gasteiger partial charge in [-0.1, -0.05) is 12.1 Å². The summed E-state index contributed by atoms with van der Waals surface area (Å²) in [5.41, 5.74) is -1.17. The maximum Gasteiger partial charge on any atom is 0.416 e. The van der Waals surface area contributed by atoms with Gasteiger partial charge >= 0.3 is 6.18 Å². The van der Waals surface area contributed by atoms with E-state index in [1.54, 1.807) is 0 Å². The summed E-state index contributed by atoms with van der Waals surface area (Å²) in [6.07, 6.45) is -1.91. The summed E-state index contributed by atoms with van der Waals surface area (Å²) in [7, 11) is 0. The van der Waals surface area contributed by atoms with Gasteiger partial charge in [0.05, 0.1) is 5.56 Å². The molecule has 0 radical (unpaired) electrons. The van der Waals surface area contributed by atoms with Gasteiger partial charge in [0.15, 0.2) is 0 Å². The van der Waals surface area contributed by atoms with Gasteiger partial charge in [-0.3, -0.25) is 14.6 Å². The molecule has 1 aromatic heterocycles. The summed E-state index contributed by atoms with van der Waals surface area (Å²) in [5.74, 6) is -1.85. The van der Waals surface area contributed by atoms with E-state index >= 15 is 0 Å². The fourth-order valence-corrected chi connectivity index (χ4v) is 1.60. The molecule has 0 unspecified atom stereocenters. The van der Waals surface area contributed by atoms with Crippen LogP contribution in [0.15, 0.2) is 48.8 Å². The Balaban J connectivity index is 2.33. The van der Waals surface area contributed by atoms with Gasteiger partial charge < -0.3 is 0 Å². The summed E-state index contributed by atoms with van der Waals surface area (Å²) in [5, 5.41) is 0. The number of carbonyl (C=O) groups is 2. The Labute approximate surface area is 112 Å². The third-order valence-electron chi connectivity index (χ3n) is 2.60. The maximum atomic E-state index is 12.6. The topological polar surface area (TPSA) is 47.0 Å². The highest BCUT2D eigenvalue weighted by molar-refractivity contribution is 6.49. The highest BCUT2D eigenvalue weighted by Gasteiger charge is 2.31. The smallest absolute Gasteiger partial charge is 0.285 e. The highest BCUT2D eigenvalue weighted by Crippen LogP contribution is 2.29. The largest absolute Gasteiger partial charge is 0.416 e. The summed E-state index contributed by atoms with van der Waals surface area (Å²) >= 11 is 0. The molecule has 0 saturated heterocycles. The standard InChI is InChI=1S/C14H8F3NO2/c15-14(16,17)11-3-1-2-10(8-11)13(20)12(19)9-4-6-18-7-5-9/h1-8H. The van der Waals surface area contributed by atoms with Crippen molar-refractivity contribution in [2.45, 2.75) is 6.18 Å². The maximum absolute atomic E-state index is 12.6. The van der Waals surface area contributed by atoms with E-state index in [0.29, 0.717) is 6.07 Å². The van der Waals surface area contributed by atoms with Crippen molar-refractivity contribution in [1.82, 2.24) is 4.98 Å². The molecule has 1 heterocycles. The Bertz CT molecular complexity index is 651. The number of ketones is 2. The first-order chi connectivity index (χ1) is 9.39. The van der Waals surface area contributed by atoms with Gasteiger partial charge in [0.25, 0.3) is 0 Å². The van der Waals surface area contributed by atoms with Crippen LogP contribution < -0.4 is 0 Å². The number of aromatic nitrogens is 1. The van der Waals surface area contributed by atoms with Crippen molar-refractivity contribution in [1.29, 1.82) is 0 Å². The number of pyridine rings is 1. The second-order valence-electron chi connectivity index (χ2n) is 3.97. The Kier molecular flexibility index (Phi) is 3.65. The van der Waals surface area contributed by atoms with Crippen molar-refractivity contribution < 1.29 is 22.8 Å². The van der Waals surface area contributed by atoms with E-state index in [0.717, 1.165) is 12.1 Å².